The predicted molar refractivity (Wildman–Crippen MR) is 67.1 cm³/mol. The van der Waals surface area contributed by atoms with Crippen LogP contribution in [0.5, 0.6) is 0 Å². The van der Waals surface area contributed by atoms with Gasteiger partial charge in [0, 0.05) is 18.6 Å². The van der Waals surface area contributed by atoms with Crippen molar-refractivity contribution in [3.8, 4) is 0 Å². The van der Waals surface area contributed by atoms with E-state index in [2.05, 4.69) is 26.1 Å². The smallest absolute Gasteiger partial charge is 0.320 e. The Bertz CT molecular complexity index is 265. The van der Waals surface area contributed by atoms with Crippen LogP contribution in [0.15, 0.2) is 0 Å². The molecular formula is C13H25NO3. The molecule has 0 amide bonds. The molecule has 4 nitrogen and oxygen atoms in total. The molecule has 1 fully saturated rings. The number of nitrogens with one attached hydrogen (secondary N) is 1. The predicted octanol–water partition coefficient (Wildman–Crippen LogP) is 2.03. The Kier molecular flexibility index (Phi) is 4.95. The quantitative estimate of drug-likeness (QED) is 0.718. The highest BCUT2D eigenvalue weighted by atomic mass is 16.5. The van der Waals surface area contributed by atoms with Crippen molar-refractivity contribution < 1.29 is 14.6 Å². The number of carboxylic acid groups (broad SMARTS) is 1. The number of carboxylic acids is 1. The van der Waals surface area contributed by atoms with Crippen LogP contribution in [0.3, 0.4) is 0 Å². The van der Waals surface area contributed by atoms with E-state index in [1.807, 2.05) is 0 Å². The lowest BCUT2D eigenvalue weighted by atomic mass is 9.64. The Labute approximate surface area is 104 Å². The van der Waals surface area contributed by atoms with E-state index >= 15 is 0 Å². The number of aliphatic carboxylic acids is 1. The number of unbranched alkanes of at least 4 members (excludes halogenated alkanes) is 1. The second-order valence-corrected chi connectivity index (χ2v) is 5.53. The van der Waals surface area contributed by atoms with Crippen LogP contribution in [0.2, 0.25) is 0 Å². The zero-order valence-electron chi connectivity index (χ0n) is 11.3. The fourth-order valence-electron chi connectivity index (χ4n) is 2.50. The second kappa shape index (κ2) is 5.83. The minimum Gasteiger partial charge on any atom is -0.480 e. The van der Waals surface area contributed by atoms with Crippen molar-refractivity contribution in [1.82, 2.24) is 5.32 Å². The Morgan fingerprint density at radius 3 is 2.65 bits per heavy atom. The van der Waals surface area contributed by atoms with E-state index in [1.165, 1.54) is 0 Å². The Morgan fingerprint density at radius 2 is 2.24 bits per heavy atom. The molecule has 0 saturated heterocycles. The lowest BCUT2D eigenvalue weighted by Gasteiger charge is -2.52. The first kappa shape index (κ1) is 14.5. The standard InChI is InChI=1S/C13H25NO3/c1-5-6-7-9(12(15)16)14-10-8-11(17-4)13(10,2)3/h9-11,14H,5-8H2,1-4H3,(H,15,16). The summed E-state index contributed by atoms with van der Waals surface area (Å²) in [5.74, 6) is -0.741. The average Bonchev–Trinajstić information content (AvgIpc) is 2.26. The van der Waals surface area contributed by atoms with Crippen LogP contribution in [0.4, 0.5) is 0 Å². The van der Waals surface area contributed by atoms with Gasteiger partial charge in [0.25, 0.3) is 0 Å². The molecule has 4 heteroatoms. The summed E-state index contributed by atoms with van der Waals surface area (Å²) in [5.41, 5.74) is 0.0225. The van der Waals surface area contributed by atoms with Gasteiger partial charge in [-0.3, -0.25) is 4.79 Å². The molecule has 1 rings (SSSR count). The maximum Gasteiger partial charge on any atom is 0.320 e. The summed E-state index contributed by atoms with van der Waals surface area (Å²) >= 11 is 0. The lowest BCUT2D eigenvalue weighted by molar-refractivity contribution is -0.143. The monoisotopic (exact) mass is 243 g/mol. The first-order valence-electron chi connectivity index (χ1n) is 6.45. The van der Waals surface area contributed by atoms with Gasteiger partial charge in [0.1, 0.15) is 6.04 Å². The second-order valence-electron chi connectivity index (χ2n) is 5.53. The van der Waals surface area contributed by atoms with Crippen LogP contribution in [0.1, 0.15) is 46.5 Å². The van der Waals surface area contributed by atoms with E-state index in [9.17, 15) is 4.79 Å². The summed E-state index contributed by atoms with van der Waals surface area (Å²) in [6, 6.07) is -0.178. The highest BCUT2D eigenvalue weighted by molar-refractivity contribution is 5.73. The van der Waals surface area contributed by atoms with Gasteiger partial charge >= 0.3 is 5.97 Å². The van der Waals surface area contributed by atoms with Crippen molar-refractivity contribution in [3.63, 3.8) is 0 Å². The van der Waals surface area contributed by atoms with Gasteiger partial charge < -0.3 is 15.2 Å². The van der Waals surface area contributed by atoms with Crippen molar-refractivity contribution in [2.45, 2.75) is 64.6 Å². The van der Waals surface area contributed by atoms with E-state index in [1.54, 1.807) is 7.11 Å². The first-order chi connectivity index (χ1) is 7.93. The number of methoxy groups -OCH3 is 1. The van der Waals surface area contributed by atoms with E-state index in [0.717, 1.165) is 19.3 Å². The number of ether oxygens (including phenoxy) is 1. The van der Waals surface area contributed by atoms with Crippen molar-refractivity contribution in [2.24, 2.45) is 5.41 Å². The Morgan fingerprint density at radius 1 is 1.59 bits per heavy atom. The van der Waals surface area contributed by atoms with Gasteiger partial charge in [0.2, 0.25) is 0 Å². The number of hydrogen-bond acceptors (Lipinski definition) is 3. The van der Waals surface area contributed by atoms with Gasteiger partial charge in [0.15, 0.2) is 0 Å². The zero-order chi connectivity index (χ0) is 13.1. The molecule has 0 spiro atoms. The van der Waals surface area contributed by atoms with E-state index in [-0.39, 0.29) is 17.6 Å². The molecule has 1 aliphatic carbocycles. The molecular weight excluding hydrogens is 218 g/mol. The minimum atomic E-state index is -0.741. The van der Waals surface area contributed by atoms with Crippen LogP contribution >= 0.6 is 0 Å². The summed E-state index contributed by atoms with van der Waals surface area (Å²) in [4.78, 5) is 11.1. The van der Waals surface area contributed by atoms with E-state index in [0.29, 0.717) is 6.42 Å². The van der Waals surface area contributed by atoms with Crippen molar-refractivity contribution >= 4 is 5.97 Å². The molecule has 1 saturated carbocycles. The summed E-state index contributed by atoms with van der Waals surface area (Å²) in [7, 11) is 1.72. The van der Waals surface area contributed by atoms with Crippen LogP contribution in [-0.2, 0) is 9.53 Å². The van der Waals surface area contributed by atoms with E-state index < -0.39 is 12.0 Å². The van der Waals surface area contributed by atoms with E-state index in [4.69, 9.17) is 9.84 Å². The van der Waals surface area contributed by atoms with Gasteiger partial charge in [-0.1, -0.05) is 33.6 Å². The normalized spacial score (nSPS) is 28.5. The number of carbonyl (C=O) groups is 1. The molecule has 0 heterocycles. The molecule has 100 valence electrons. The van der Waals surface area contributed by atoms with Crippen LogP contribution in [0.25, 0.3) is 0 Å². The zero-order valence-corrected chi connectivity index (χ0v) is 11.3. The first-order valence-corrected chi connectivity index (χ1v) is 6.45. The third kappa shape index (κ3) is 3.19. The number of rotatable bonds is 7. The van der Waals surface area contributed by atoms with Crippen molar-refractivity contribution in [2.75, 3.05) is 7.11 Å². The van der Waals surface area contributed by atoms with Gasteiger partial charge in [0.05, 0.1) is 6.10 Å². The molecule has 0 bridgehead atoms. The fraction of sp³-hybridized carbons (Fsp3) is 0.923. The van der Waals surface area contributed by atoms with Crippen molar-refractivity contribution in [1.29, 1.82) is 0 Å². The summed E-state index contributed by atoms with van der Waals surface area (Å²) in [5, 5.41) is 12.4. The average molecular weight is 243 g/mol. The SMILES string of the molecule is CCCCC(NC1CC(OC)C1(C)C)C(=O)O. The van der Waals surface area contributed by atoms with Crippen molar-refractivity contribution in [3.05, 3.63) is 0 Å². The summed E-state index contributed by atoms with van der Waals surface area (Å²) in [6.07, 6.45) is 3.82. The van der Waals surface area contributed by atoms with Gasteiger partial charge in [-0.2, -0.15) is 0 Å². The van der Waals surface area contributed by atoms with Crippen LogP contribution in [0, 0.1) is 5.41 Å². The molecule has 0 aliphatic heterocycles. The lowest BCUT2D eigenvalue weighted by Crippen LogP contribution is -2.63. The number of hydrogen-bond donors (Lipinski definition) is 2. The van der Waals surface area contributed by atoms with Gasteiger partial charge in [-0.15, -0.1) is 0 Å². The minimum absolute atomic E-state index is 0.0225. The van der Waals surface area contributed by atoms with Crippen LogP contribution in [-0.4, -0.2) is 36.4 Å². The third-order valence-electron chi connectivity index (χ3n) is 4.01. The molecule has 3 unspecified atom stereocenters. The molecule has 0 aromatic carbocycles. The highest BCUT2D eigenvalue weighted by Crippen LogP contribution is 2.42. The molecule has 2 N–H and O–H groups in total. The fourth-order valence-corrected chi connectivity index (χ4v) is 2.50. The molecule has 0 aromatic rings. The maximum atomic E-state index is 11.1. The summed E-state index contributed by atoms with van der Waals surface area (Å²) < 4.78 is 5.37. The summed E-state index contributed by atoms with van der Waals surface area (Å²) in [6.45, 7) is 6.33. The molecule has 0 radical (unpaired) electrons. The largest absolute Gasteiger partial charge is 0.480 e. The molecule has 1 aliphatic rings. The molecule has 0 aromatic heterocycles. The highest BCUT2D eigenvalue weighted by Gasteiger charge is 2.49. The maximum absolute atomic E-state index is 11.1. The Balaban J connectivity index is 2.49. The topological polar surface area (TPSA) is 58.6 Å². The third-order valence-corrected chi connectivity index (χ3v) is 4.01. The molecule has 17 heavy (non-hydrogen) atoms. The van der Waals surface area contributed by atoms with Crippen LogP contribution < -0.4 is 5.32 Å². The molecule has 3 atom stereocenters. The van der Waals surface area contributed by atoms with Gasteiger partial charge in [-0.05, 0) is 12.8 Å². The van der Waals surface area contributed by atoms with Gasteiger partial charge in [-0.25, -0.2) is 0 Å². The Hall–Kier alpha value is -0.610.